The Labute approximate surface area is 178 Å². The number of nitrogens with one attached hydrogen (secondary N) is 1. The van der Waals surface area contributed by atoms with E-state index in [1.54, 1.807) is 42.5 Å². The summed E-state index contributed by atoms with van der Waals surface area (Å²) in [6.07, 6.45) is -0.00458. The molecule has 1 fully saturated rings. The molecule has 30 heavy (non-hydrogen) atoms. The summed E-state index contributed by atoms with van der Waals surface area (Å²) in [6.45, 7) is -0.345. The van der Waals surface area contributed by atoms with Gasteiger partial charge in [0, 0.05) is 19.0 Å². The molecule has 1 N–H and O–H groups in total. The van der Waals surface area contributed by atoms with E-state index in [9.17, 15) is 14.4 Å². The second kappa shape index (κ2) is 9.49. The summed E-state index contributed by atoms with van der Waals surface area (Å²) in [7, 11) is 2.98. The molecule has 0 unspecified atom stereocenters. The number of rotatable bonds is 7. The van der Waals surface area contributed by atoms with Gasteiger partial charge in [-0.1, -0.05) is 23.7 Å². The lowest BCUT2D eigenvalue weighted by Crippen LogP contribution is -2.28. The highest BCUT2D eigenvalue weighted by Crippen LogP contribution is 2.31. The molecule has 2 amide bonds. The van der Waals surface area contributed by atoms with Crippen molar-refractivity contribution in [1.29, 1.82) is 0 Å². The molecule has 0 aliphatic carbocycles. The lowest BCUT2D eigenvalue weighted by Gasteiger charge is -2.17. The monoisotopic (exact) mass is 432 g/mol. The molecular weight excluding hydrogens is 412 g/mol. The Bertz CT molecular complexity index is 964. The van der Waals surface area contributed by atoms with Gasteiger partial charge >= 0.3 is 5.97 Å². The molecule has 8 nitrogen and oxygen atoms in total. The van der Waals surface area contributed by atoms with E-state index in [1.807, 2.05) is 0 Å². The van der Waals surface area contributed by atoms with Crippen LogP contribution in [-0.4, -0.2) is 45.2 Å². The Kier molecular flexibility index (Phi) is 6.79. The highest BCUT2D eigenvalue weighted by atomic mass is 35.5. The van der Waals surface area contributed by atoms with E-state index in [0.717, 1.165) is 0 Å². The van der Waals surface area contributed by atoms with Gasteiger partial charge in [-0.2, -0.15) is 0 Å². The molecular formula is C21H21ClN2O6. The van der Waals surface area contributed by atoms with E-state index in [-0.39, 0.29) is 18.9 Å². The van der Waals surface area contributed by atoms with Gasteiger partial charge in [0.2, 0.25) is 5.91 Å². The molecule has 0 radical (unpaired) electrons. The first-order chi connectivity index (χ1) is 14.4. The van der Waals surface area contributed by atoms with Crippen LogP contribution in [0, 0.1) is 5.92 Å². The van der Waals surface area contributed by atoms with Crippen LogP contribution in [0.5, 0.6) is 11.5 Å². The molecule has 1 aliphatic rings. The van der Waals surface area contributed by atoms with Crippen molar-refractivity contribution in [1.82, 2.24) is 0 Å². The Morgan fingerprint density at radius 1 is 1.17 bits per heavy atom. The summed E-state index contributed by atoms with van der Waals surface area (Å²) >= 11 is 6.14. The molecule has 1 heterocycles. The van der Waals surface area contributed by atoms with E-state index in [4.69, 9.17) is 25.8 Å². The zero-order valence-electron chi connectivity index (χ0n) is 16.5. The van der Waals surface area contributed by atoms with Gasteiger partial charge in [0.05, 0.1) is 36.5 Å². The van der Waals surface area contributed by atoms with Gasteiger partial charge in [0.15, 0.2) is 6.61 Å². The number of ether oxygens (including phenoxy) is 3. The minimum Gasteiger partial charge on any atom is -0.497 e. The number of carbonyl (C=O) groups excluding carboxylic acids is 3. The molecule has 2 aromatic rings. The van der Waals surface area contributed by atoms with Crippen molar-refractivity contribution >= 4 is 40.8 Å². The Morgan fingerprint density at radius 2 is 1.93 bits per heavy atom. The SMILES string of the molecule is COc1ccc(OC)c(NC(=O)COC(=O)[C@H]2CC(=O)N(c3ccccc3Cl)C2)c1. The average Bonchev–Trinajstić information content (AvgIpc) is 3.13. The number of hydrogen-bond donors (Lipinski definition) is 1. The smallest absolute Gasteiger partial charge is 0.311 e. The minimum absolute atomic E-state index is 0.00458. The Hall–Kier alpha value is -3.26. The van der Waals surface area contributed by atoms with Crippen LogP contribution < -0.4 is 19.7 Å². The van der Waals surface area contributed by atoms with Crippen molar-refractivity contribution in [2.75, 3.05) is 37.6 Å². The van der Waals surface area contributed by atoms with E-state index in [2.05, 4.69) is 5.32 Å². The van der Waals surface area contributed by atoms with Crippen LogP contribution in [0.15, 0.2) is 42.5 Å². The minimum atomic E-state index is -0.673. The number of esters is 1. The van der Waals surface area contributed by atoms with E-state index in [1.165, 1.54) is 19.1 Å². The second-order valence-corrected chi connectivity index (χ2v) is 6.99. The fourth-order valence-corrected chi connectivity index (χ4v) is 3.36. The summed E-state index contributed by atoms with van der Waals surface area (Å²) in [4.78, 5) is 38.3. The number of amides is 2. The average molecular weight is 433 g/mol. The van der Waals surface area contributed by atoms with Crippen LogP contribution >= 0.6 is 11.6 Å². The van der Waals surface area contributed by atoms with Crippen molar-refractivity contribution in [2.45, 2.75) is 6.42 Å². The topological polar surface area (TPSA) is 94.2 Å². The summed E-state index contributed by atoms with van der Waals surface area (Å²) < 4.78 is 15.4. The van der Waals surface area contributed by atoms with Gasteiger partial charge in [0.1, 0.15) is 11.5 Å². The maximum Gasteiger partial charge on any atom is 0.311 e. The van der Waals surface area contributed by atoms with E-state index < -0.39 is 24.4 Å². The first kappa shape index (κ1) is 21.4. The molecule has 9 heteroatoms. The fraction of sp³-hybridized carbons (Fsp3) is 0.286. The number of carbonyl (C=O) groups is 3. The van der Waals surface area contributed by atoms with Crippen LogP contribution in [0.4, 0.5) is 11.4 Å². The van der Waals surface area contributed by atoms with E-state index in [0.29, 0.717) is 27.9 Å². The number of hydrogen-bond acceptors (Lipinski definition) is 6. The fourth-order valence-electron chi connectivity index (χ4n) is 3.12. The lowest BCUT2D eigenvalue weighted by molar-refractivity contribution is -0.151. The van der Waals surface area contributed by atoms with Gasteiger partial charge in [-0.15, -0.1) is 0 Å². The number of halogens is 1. The number of methoxy groups -OCH3 is 2. The van der Waals surface area contributed by atoms with Crippen molar-refractivity contribution in [3.63, 3.8) is 0 Å². The Balaban J connectivity index is 1.57. The molecule has 0 bridgehead atoms. The van der Waals surface area contributed by atoms with Gasteiger partial charge in [-0.25, -0.2) is 0 Å². The number of para-hydroxylation sites is 1. The quantitative estimate of drug-likeness (QED) is 0.676. The second-order valence-electron chi connectivity index (χ2n) is 6.58. The third-order valence-corrected chi connectivity index (χ3v) is 4.95. The summed E-state index contributed by atoms with van der Waals surface area (Å²) in [6, 6.07) is 11.8. The molecule has 1 aliphatic heterocycles. The molecule has 0 saturated carbocycles. The van der Waals surface area contributed by atoms with Crippen molar-refractivity contribution in [3.05, 3.63) is 47.5 Å². The van der Waals surface area contributed by atoms with Crippen LogP contribution in [0.2, 0.25) is 5.02 Å². The third-order valence-electron chi connectivity index (χ3n) is 4.63. The Morgan fingerprint density at radius 3 is 2.63 bits per heavy atom. The van der Waals surface area contributed by atoms with Gasteiger partial charge < -0.3 is 24.4 Å². The van der Waals surface area contributed by atoms with Crippen molar-refractivity contribution in [3.8, 4) is 11.5 Å². The highest BCUT2D eigenvalue weighted by Gasteiger charge is 2.37. The molecule has 1 atom stereocenters. The predicted molar refractivity (Wildman–Crippen MR) is 111 cm³/mol. The number of benzene rings is 2. The van der Waals surface area contributed by atoms with Crippen molar-refractivity contribution in [2.24, 2.45) is 5.92 Å². The van der Waals surface area contributed by atoms with Crippen LogP contribution in [0.3, 0.4) is 0 Å². The molecule has 3 rings (SSSR count). The maximum atomic E-state index is 12.4. The summed E-state index contributed by atoms with van der Waals surface area (Å²) in [5, 5.41) is 3.04. The standard InChI is InChI=1S/C21H21ClN2O6/c1-28-14-7-8-18(29-2)16(10-14)23-19(25)12-30-21(27)13-9-20(26)24(11-13)17-6-4-3-5-15(17)22/h3-8,10,13H,9,11-12H2,1-2H3,(H,23,25)/t13-/m0/s1. The van der Waals surface area contributed by atoms with Crippen LogP contribution in [-0.2, 0) is 19.1 Å². The largest absolute Gasteiger partial charge is 0.497 e. The van der Waals surface area contributed by atoms with Crippen LogP contribution in [0.25, 0.3) is 0 Å². The van der Waals surface area contributed by atoms with E-state index >= 15 is 0 Å². The normalized spacial score (nSPS) is 15.6. The lowest BCUT2D eigenvalue weighted by atomic mass is 10.1. The maximum absolute atomic E-state index is 12.4. The molecule has 2 aromatic carbocycles. The first-order valence-corrected chi connectivity index (χ1v) is 9.54. The van der Waals surface area contributed by atoms with Crippen LogP contribution in [0.1, 0.15) is 6.42 Å². The molecule has 158 valence electrons. The summed E-state index contributed by atoms with van der Waals surface area (Å²) in [5.74, 6) is -1.09. The number of anilines is 2. The highest BCUT2D eigenvalue weighted by molar-refractivity contribution is 6.33. The van der Waals surface area contributed by atoms with Gasteiger partial charge in [-0.3, -0.25) is 14.4 Å². The zero-order chi connectivity index (χ0) is 21.7. The third kappa shape index (κ3) is 4.83. The first-order valence-electron chi connectivity index (χ1n) is 9.16. The predicted octanol–water partition coefficient (Wildman–Crippen LogP) is 2.89. The molecule has 0 aromatic heterocycles. The van der Waals surface area contributed by atoms with Gasteiger partial charge in [0.25, 0.3) is 5.91 Å². The number of nitrogens with zero attached hydrogens (tertiary/aromatic N) is 1. The summed E-state index contributed by atoms with van der Waals surface area (Å²) in [5.41, 5.74) is 0.932. The van der Waals surface area contributed by atoms with Gasteiger partial charge in [-0.05, 0) is 24.3 Å². The van der Waals surface area contributed by atoms with Crippen molar-refractivity contribution < 1.29 is 28.6 Å². The molecule has 1 saturated heterocycles. The molecule has 0 spiro atoms. The zero-order valence-corrected chi connectivity index (χ0v) is 17.3.